The van der Waals surface area contributed by atoms with Crippen molar-refractivity contribution in [2.24, 2.45) is 10.5 Å². The molecule has 1 aromatic heterocycles. The lowest BCUT2D eigenvalue weighted by atomic mass is 9.79. The third-order valence-corrected chi connectivity index (χ3v) is 8.01. The van der Waals surface area contributed by atoms with E-state index in [-0.39, 0.29) is 11.3 Å². The van der Waals surface area contributed by atoms with E-state index in [1.165, 1.54) is 43.4 Å². The van der Waals surface area contributed by atoms with Gasteiger partial charge in [-0.15, -0.1) is 11.3 Å². The van der Waals surface area contributed by atoms with Crippen LogP contribution in [0, 0.1) is 12.3 Å². The Labute approximate surface area is 201 Å². The third kappa shape index (κ3) is 4.00. The fraction of sp³-hybridized carbons (Fsp3) is 0.321. The maximum absolute atomic E-state index is 4.28. The van der Waals surface area contributed by atoms with Gasteiger partial charge in [0.2, 0.25) is 0 Å². The molecule has 0 spiro atoms. The Kier molecular flexibility index (Phi) is 5.63. The second kappa shape index (κ2) is 8.47. The third-order valence-electron chi connectivity index (χ3n) is 6.81. The van der Waals surface area contributed by atoms with Crippen LogP contribution in [0.1, 0.15) is 42.2 Å². The first kappa shape index (κ1) is 21.9. The molecule has 0 aliphatic carbocycles. The number of allylic oxidation sites excluding steroid dienone is 1. The monoisotopic (exact) mass is 456 g/mol. The first-order valence-corrected chi connectivity index (χ1v) is 12.4. The van der Waals surface area contributed by atoms with E-state index in [1.54, 1.807) is 0 Å². The van der Waals surface area contributed by atoms with Crippen molar-refractivity contribution in [2.45, 2.75) is 33.1 Å². The zero-order valence-electron chi connectivity index (χ0n) is 19.9. The van der Waals surface area contributed by atoms with Gasteiger partial charge in [0.1, 0.15) is 0 Å². The molecule has 3 heterocycles. The van der Waals surface area contributed by atoms with Gasteiger partial charge in [-0.25, -0.2) is 0 Å². The van der Waals surface area contributed by atoms with Gasteiger partial charge in [-0.05, 0) is 53.7 Å². The average molecular weight is 457 g/mol. The predicted molar refractivity (Wildman–Crippen MR) is 143 cm³/mol. The minimum absolute atomic E-state index is 0.180. The van der Waals surface area contributed by atoms with E-state index in [0.717, 1.165) is 25.2 Å². The summed E-state index contributed by atoms with van der Waals surface area (Å²) in [4.78, 5) is 2.68. The van der Waals surface area contributed by atoms with Crippen LogP contribution in [0.5, 0.6) is 0 Å². The lowest BCUT2D eigenvalue weighted by Gasteiger charge is -2.35. The highest BCUT2D eigenvalue weighted by molar-refractivity contribution is 7.15. The highest BCUT2D eigenvalue weighted by atomic mass is 32.1. The zero-order valence-corrected chi connectivity index (χ0v) is 20.7. The Morgan fingerprint density at radius 3 is 2.64 bits per heavy atom. The molecular weight excluding hydrogens is 424 g/mol. The number of nitrogens with zero attached hydrogens (tertiary/aromatic N) is 2. The number of rotatable bonds is 4. The van der Waals surface area contributed by atoms with Crippen molar-refractivity contribution in [1.82, 2.24) is 5.32 Å². The quantitative estimate of drug-likeness (QED) is 0.343. The predicted octanol–water partition coefficient (Wildman–Crippen LogP) is 6.61. The molecule has 0 saturated carbocycles. The van der Waals surface area contributed by atoms with Crippen molar-refractivity contribution < 1.29 is 0 Å². The second-order valence-electron chi connectivity index (χ2n) is 9.93. The van der Waals surface area contributed by atoms with Gasteiger partial charge in [0.15, 0.2) is 0 Å². The molecule has 0 fully saturated rings. The van der Waals surface area contributed by atoms with Crippen LogP contribution in [0.4, 0.5) is 11.4 Å². The van der Waals surface area contributed by atoms with Crippen LogP contribution in [0.2, 0.25) is 0 Å². The Bertz CT molecular complexity index is 1220. The van der Waals surface area contributed by atoms with Gasteiger partial charge in [-0.3, -0.25) is 5.01 Å². The Morgan fingerprint density at radius 2 is 1.88 bits per heavy atom. The van der Waals surface area contributed by atoms with E-state index in [1.807, 2.05) is 23.4 Å². The van der Waals surface area contributed by atoms with Gasteiger partial charge in [-0.1, -0.05) is 50.2 Å². The van der Waals surface area contributed by atoms with Crippen molar-refractivity contribution in [2.75, 3.05) is 30.5 Å². The summed E-state index contributed by atoms with van der Waals surface area (Å²) in [6.07, 6.45) is 1.03. The molecule has 33 heavy (non-hydrogen) atoms. The lowest BCUT2D eigenvalue weighted by molar-refractivity contribution is 0.353. The fourth-order valence-electron chi connectivity index (χ4n) is 5.23. The van der Waals surface area contributed by atoms with Crippen molar-refractivity contribution >= 4 is 29.4 Å². The molecule has 0 radical (unpaired) electrons. The molecule has 0 bridgehead atoms. The number of aryl methyl sites for hydroxylation is 1. The summed E-state index contributed by atoms with van der Waals surface area (Å²) in [5.74, 6) is 0.180. The van der Waals surface area contributed by atoms with Crippen molar-refractivity contribution in [3.8, 4) is 10.4 Å². The van der Waals surface area contributed by atoms with Crippen LogP contribution in [0.25, 0.3) is 10.4 Å². The Balaban J connectivity index is 1.72. The maximum Gasteiger partial charge on any atom is 0.0682 e. The molecule has 0 amide bonds. The minimum Gasteiger partial charge on any atom is -0.359 e. The Hall–Kier alpha value is -2.89. The number of hydrogen-bond donors (Lipinski definition) is 2. The van der Waals surface area contributed by atoms with E-state index in [9.17, 15) is 0 Å². The van der Waals surface area contributed by atoms with E-state index < -0.39 is 0 Å². The van der Waals surface area contributed by atoms with E-state index in [4.69, 9.17) is 0 Å². The molecule has 1 unspecified atom stereocenters. The van der Waals surface area contributed by atoms with Crippen LogP contribution < -0.4 is 15.6 Å². The first-order chi connectivity index (χ1) is 15.9. The molecular formula is C28H32N4S. The van der Waals surface area contributed by atoms with Crippen LogP contribution in [-0.4, -0.2) is 26.9 Å². The number of thiophene rings is 1. The molecule has 4 nitrogen and oxygen atoms in total. The molecule has 1 atom stereocenters. The molecule has 3 aromatic rings. The zero-order chi connectivity index (χ0) is 23.2. The fourth-order valence-corrected chi connectivity index (χ4v) is 6.39. The summed E-state index contributed by atoms with van der Waals surface area (Å²) >= 11 is 1.90. The maximum atomic E-state index is 4.28. The minimum atomic E-state index is 0.180. The van der Waals surface area contributed by atoms with Crippen LogP contribution >= 0.6 is 11.3 Å². The van der Waals surface area contributed by atoms with Gasteiger partial charge in [0.05, 0.1) is 5.69 Å². The molecule has 2 aliphatic heterocycles. The summed E-state index contributed by atoms with van der Waals surface area (Å²) in [5, 5.41) is 13.8. The van der Waals surface area contributed by atoms with Crippen molar-refractivity contribution in [3.63, 3.8) is 0 Å². The van der Waals surface area contributed by atoms with Crippen LogP contribution in [0.15, 0.2) is 71.0 Å². The number of fused-ring (bicyclic) bond motifs is 1. The summed E-state index contributed by atoms with van der Waals surface area (Å²) in [6.45, 7) is 12.6. The number of hydrazone groups is 1. The summed E-state index contributed by atoms with van der Waals surface area (Å²) in [5.41, 5.74) is 9.11. The number of nitrogens with one attached hydrogen (secondary N) is 2. The van der Waals surface area contributed by atoms with Gasteiger partial charge in [0, 0.05) is 59.5 Å². The first-order valence-electron chi connectivity index (χ1n) is 11.6. The standard InChI is InChI=1S/C28H32N4S/c1-18-11-12-21-26(27(18)32(5)29-4)25(20-16-30-17-28(2,3)15-22(20)31-21)24-14-13-23(33-24)19-9-7-6-8-10-19/h6-14,25,30-31H,4,15-17H2,1-3,5H3. The van der Waals surface area contributed by atoms with Crippen LogP contribution in [0.3, 0.4) is 0 Å². The average Bonchev–Trinajstić information content (AvgIpc) is 3.23. The topological polar surface area (TPSA) is 39.7 Å². The van der Waals surface area contributed by atoms with Gasteiger partial charge in [0.25, 0.3) is 0 Å². The Morgan fingerprint density at radius 1 is 1.09 bits per heavy atom. The number of hydrogen-bond acceptors (Lipinski definition) is 5. The molecule has 2 aliphatic rings. The molecule has 170 valence electrons. The van der Waals surface area contributed by atoms with Gasteiger partial charge < -0.3 is 10.6 Å². The van der Waals surface area contributed by atoms with E-state index >= 15 is 0 Å². The highest BCUT2D eigenvalue weighted by Crippen LogP contribution is 2.51. The largest absolute Gasteiger partial charge is 0.359 e. The lowest BCUT2D eigenvalue weighted by Crippen LogP contribution is -2.28. The van der Waals surface area contributed by atoms with Crippen molar-refractivity contribution in [1.29, 1.82) is 0 Å². The summed E-state index contributed by atoms with van der Waals surface area (Å²) in [6, 6.07) is 19.7. The second-order valence-corrected chi connectivity index (χ2v) is 11.0. The van der Waals surface area contributed by atoms with Gasteiger partial charge in [-0.2, -0.15) is 5.10 Å². The van der Waals surface area contributed by atoms with Crippen molar-refractivity contribution in [3.05, 3.63) is 81.9 Å². The molecule has 2 N–H and O–H groups in total. The molecule has 5 rings (SSSR count). The summed E-state index contributed by atoms with van der Waals surface area (Å²) in [7, 11) is 1.99. The SMILES string of the molecule is C=NN(C)c1c(C)ccc2c1C(c1ccc(-c3ccccc3)s1)C1=C(CC(C)(C)CNC1)N2. The molecule has 2 aromatic carbocycles. The number of benzene rings is 2. The van der Waals surface area contributed by atoms with E-state index in [0.29, 0.717) is 0 Å². The molecule has 0 saturated heterocycles. The number of anilines is 2. The summed E-state index contributed by atoms with van der Waals surface area (Å²) < 4.78 is 0. The normalized spacial score (nSPS) is 19.2. The highest BCUT2D eigenvalue weighted by Gasteiger charge is 2.37. The smallest absolute Gasteiger partial charge is 0.0682 e. The molecule has 5 heteroatoms. The van der Waals surface area contributed by atoms with Crippen LogP contribution in [-0.2, 0) is 0 Å². The van der Waals surface area contributed by atoms with E-state index in [2.05, 4.69) is 97.8 Å². The van der Waals surface area contributed by atoms with Gasteiger partial charge >= 0.3 is 0 Å².